The van der Waals surface area contributed by atoms with E-state index in [0.29, 0.717) is 5.89 Å². The lowest BCUT2D eigenvalue weighted by Gasteiger charge is -2.44. The molecule has 0 saturated carbocycles. The minimum atomic E-state index is -1.22. The summed E-state index contributed by atoms with van der Waals surface area (Å²) in [6, 6.07) is 63.4. The summed E-state index contributed by atoms with van der Waals surface area (Å²) in [5.74, 6) is 1.39. The Balaban J connectivity index is 0.000000162. The first-order chi connectivity index (χ1) is 21.3. The number of hydrogen-bond donors (Lipinski definition) is 0. The van der Waals surface area contributed by atoms with Crippen LogP contribution in [0.25, 0.3) is 22.9 Å². The van der Waals surface area contributed by atoms with Crippen molar-refractivity contribution in [3.63, 3.8) is 0 Å². The van der Waals surface area contributed by atoms with Gasteiger partial charge in [0.25, 0.3) is 5.89 Å². The molecule has 3 nitrogen and oxygen atoms in total. The van der Waals surface area contributed by atoms with E-state index in [1.54, 1.807) is 4.68 Å². The molecule has 0 unspecified atom stereocenters. The molecule has 208 valence electrons. The summed E-state index contributed by atoms with van der Waals surface area (Å²) in [7, 11) is 1.89. The van der Waals surface area contributed by atoms with Crippen LogP contribution >= 0.6 is 0 Å². The molecule has 0 fully saturated rings. The van der Waals surface area contributed by atoms with E-state index < -0.39 is 6.15 Å². The standard InChI is InChI=1S/C24H20B.C15H13N2O/c1-5-13-21(14-6-1)25(22-15-7-2-8-16-22,23-17-9-3-10-18-23)24-19-11-4-12-20-24;1-17-15(13-10-6-3-7-11-13)18-14(16-17)12-8-4-2-5-9-12/h1-20H;2-11H,1H3/q-1;+1. The molecule has 1 aromatic heterocycles. The van der Waals surface area contributed by atoms with E-state index in [1.165, 1.54) is 21.9 Å². The normalized spacial score (nSPS) is 10.9. The fraction of sp³-hybridized carbons (Fsp3) is 0.0256. The molecule has 0 aliphatic carbocycles. The second kappa shape index (κ2) is 13.0. The average molecular weight is 557 g/mol. The van der Waals surface area contributed by atoms with Gasteiger partial charge < -0.3 is 4.42 Å². The molecule has 7 aromatic rings. The third-order valence-corrected chi connectivity index (χ3v) is 7.97. The van der Waals surface area contributed by atoms with Crippen LogP contribution in [0.15, 0.2) is 186 Å². The predicted octanol–water partition coefficient (Wildman–Crippen LogP) is 5.90. The van der Waals surface area contributed by atoms with Gasteiger partial charge in [-0.15, -0.1) is 0 Å². The van der Waals surface area contributed by atoms with Gasteiger partial charge in [-0.2, -0.15) is 21.9 Å². The van der Waals surface area contributed by atoms with Gasteiger partial charge >= 0.3 is 5.89 Å². The van der Waals surface area contributed by atoms with E-state index in [-0.39, 0.29) is 0 Å². The van der Waals surface area contributed by atoms with E-state index in [2.05, 4.69) is 126 Å². The van der Waals surface area contributed by atoms with Crippen LogP contribution in [0.2, 0.25) is 0 Å². The number of aromatic nitrogens is 2. The molecule has 0 bridgehead atoms. The zero-order chi connectivity index (χ0) is 29.3. The monoisotopic (exact) mass is 556 g/mol. The van der Waals surface area contributed by atoms with Crippen molar-refractivity contribution in [2.45, 2.75) is 0 Å². The minimum Gasteiger partial charge on any atom is -0.377 e. The van der Waals surface area contributed by atoms with Crippen LogP contribution in [0.4, 0.5) is 0 Å². The van der Waals surface area contributed by atoms with Crippen molar-refractivity contribution < 1.29 is 9.10 Å². The molecule has 1 heterocycles. The highest BCUT2D eigenvalue weighted by Crippen LogP contribution is 2.22. The van der Waals surface area contributed by atoms with E-state index in [4.69, 9.17) is 4.42 Å². The molecule has 6 aromatic carbocycles. The van der Waals surface area contributed by atoms with Crippen molar-refractivity contribution in [1.82, 2.24) is 5.10 Å². The van der Waals surface area contributed by atoms with Crippen molar-refractivity contribution >= 4 is 28.0 Å². The average Bonchev–Trinajstić information content (AvgIpc) is 3.50. The molecule has 0 aliphatic heterocycles. The van der Waals surface area contributed by atoms with E-state index in [0.717, 1.165) is 17.0 Å². The highest BCUT2D eigenvalue weighted by molar-refractivity contribution is 7.19. The van der Waals surface area contributed by atoms with Gasteiger partial charge in [0.15, 0.2) is 7.05 Å². The first kappa shape index (κ1) is 27.7. The van der Waals surface area contributed by atoms with Crippen molar-refractivity contribution in [1.29, 1.82) is 0 Å². The zero-order valence-corrected chi connectivity index (χ0v) is 24.2. The molecule has 0 saturated heterocycles. The molecule has 0 amide bonds. The number of benzene rings is 6. The molecule has 43 heavy (non-hydrogen) atoms. The van der Waals surface area contributed by atoms with Gasteiger partial charge in [-0.3, -0.25) is 0 Å². The molecular weight excluding hydrogens is 523 g/mol. The van der Waals surface area contributed by atoms with Gasteiger partial charge in [0, 0.05) is 10.7 Å². The summed E-state index contributed by atoms with van der Waals surface area (Å²) in [6.07, 6.45) is -1.22. The van der Waals surface area contributed by atoms with Crippen molar-refractivity contribution in [3.05, 3.63) is 182 Å². The second-order valence-electron chi connectivity index (χ2n) is 10.6. The number of nitrogens with zero attached hydrogens (tertiary/aromatic N) is 2. The van der Waals surface area contributed by atoms with Gasteiger partial charge in [-0.25, -0.2) is 0 Å². The summed E-state index contributed by atoms with van der Waals surface area (Å²) in [5.41, 5.74) is 7.36. The molecule has 7 rings (SSSR count). The van der Waals surface area contributed by atoms with E-state index >= 15 is 0 Å². The van der Waals surface area contributed by atoms with Crippen LogP contribution in [-0.4, -0.2) is 11.2 Å². The summed E-state index contributed by atoms with van der Waals surface area (Å²) in [5, 5.41) is 4.41. The van der Waals surface area contributed by atoms with E-state index in [9.17, 15) is 0 Å². The SMILES string of the molecule is C[n+]1nc(-c2ccccc2)oc1-c1ccccc1.c1ccc([B-](c2ccccc2)(c2ccccc2)c2ccccc2)cc1. The van der Waals surface area contributed by atoms with Crippen LogP contribution in [-0.2, 0) is 7.05 Å². The molecule has 4 heteroatoms. The maximum Gasteiger partial charge on any atom is 0.407 e. The molecule has 0 N–H and O–H groups in total. The summed E-state index contributed by atoms with van der Waals surface area (Å²) < 4.78 is 7.60. The lowest BCUT2D eigenvalue weighted by molar-refractivity contribution is -0.719. The minimum absolute atomic E-state index is 0.636. The Morgan fingerprint density at radius 1 is 0.419 bits per heavy atom. The Bertz CT molecular complexity index is 1680. The van der Waals surface area contributed by atoms with Gasteiger partial charge in [-0.05, 0) is 28.9 Å². The van der Waals surface area contributed by atoms with Crippen molar-refractivity contribution in [3.8, 4) is 22.9 Å². The predicted molar refractivity (Wildman–Crippen MR) is 179 cm³/mol. The fourth-order valence-electron chi connectivity index (χ4n) is 6.01. The first-order valence-corrected chi connectivity index (χ1v) is 14.6. The summed E-state index contributed by atoms with van der Waals surface area (Å²) in [4.78, 5) is 0. The maximum absolute atomic E-state index is 5.84. The zero-order valence-electron chi connectivity index (χ0n) is 24.2. The smallest absolute Gasteiger partial charge is 0.377 e. The second-order valence-corrected chi connectivity index (χ2v) is 10.6. The Labute approximate surface area is 253 Å². The Hall–Kier alpha value is -5.48. The highest BCUT2D eigenvalue weighted by Gasteiger charge is 2.31. The summed E-state index contributed by atoms with van der Waals surface area (Å²) >= 11 is 0. The van der Waals surface area contributed by atoms with Crippen LogP contribution < -0.4 is 26.5 Å². The third kappa shape index (κ3) is 5.82. The molecule has 0 atom stereocenters. The third-order valence-electron chi connectivity index (χ3n) is 7.97. The quantitative estimate of drug-likeness (QED) is 0.189. The van der Waals surface area contributed by atoms with Crippen LogP contribution in [0.5, 0.6) is 0 Å². The van der Waals surface area contributed by atoms with Gasteiger partial charge in [0.2, 0.25) is 0 Å². The Morgan fingerprint density at radius 2 is 0.721 bits per heavy atom. The molecule has 0 aliphatic rings. The Kier molecular flexibility index (Phi) is 8.38. The fourth-order valence-corrected chi connectivity index (χ4v) is 6.01. The Morgan fingerprint density at radius 3 is 1.07 bits per heavy atom. The summed E-state index contributed by atoms with van der Waals surface area (Å²) in [6.45, 7) is 0. The number of hydrogen-bond acceptors (Lipinski definition) is 2. The van der Waals surface area contributed by atoms with E-state index in [1.807, 2.05) is 67.7 Å². The number of rotatable bonds is 6. The lowest BCUT2D eigenvalue weighted by atomic mass is 9.13. The molecular formula is C39H33BN2O. The molecule has 0 spiro atoms. The van der Waals surface area contributed by atoms with Crippen LogP contribution in [0.3, 0.4) is 0 Å². The largest absolute Gasteiger partial charge is 0.407 e. The van der Waals surface area contributed by atoms with Crippen molar-refractivity contribution in [2.75, 3.05) is 0 Å². The lowest BCUT2D eigenvalue weighted by Crippen LogP contribution is -2.74. The van der Waals surface area contributed by atoms with Gasteiger partial charge in [0.05, 0.1) is 5.56 Å². The first-order valence-electron chi connectivity index (χ1n) is 14.6. The van der Waals surface area contributed by atoms with Crippen molar-refractivity contribution in [2.24, 2.45) is 7.05 Å². The van der Waals surface area contributed by atoms with Crippen LogP contribution in [0.1, 0.15) is 0 Å². The number of aryl methyl sites for hydroxylation is 1. The van der Waals surface area contributed by atoms with Gasteiger partial charge in [-0.1, -0.05) is 158 Å². The molecule has 0 radical (unpaired) electrons. The topological polar surface area (TPSA) is 29.9 Å². The maximum atomic E-state index is 5.84. The van der Waals surface area contributed by atoms with Crippen LogP contribution in [0, 0.1) is 0 Å². The van der Waals surface area contributed by atoms with Gasteiger partial charge in [0.1, 0.15) is 6.15 Å². The highest BCUT2D eigenvalue weighted by atomic mass is 16.4.